The maximum atomic E-state index is 14.2. The Bertz CT molecular complexity index is 2070. The highest BCUT2D eigenvalue weighted by atomic mass is 16.3. The Morgan fingerprint density at radius 2 is 1.02 bits per heavy atom. The molecular weight excluding hydrogens is 516 g/mol. The fourth-order valence-electron chi connectivity index (χ4n) is 8.70. The van der Waals surface area contributed by atoms with Crippen molar-refractivity contribution < 1.29 is 45.3 Å². The summed E-state index contributed by atoms with van der Waals surface area (Å²) in [7, 11) is 0. The topological polar surface area (TPSA) is 176 Å². The van der Waals surface area contributed by atoms with Crippen LogP contribution in [0.5, 0.6) is 34.5 Å². The Morgan fingerprint density at radius 3 is 1.65 bits per heavy atom. The number of hydrogen-bond donors (Lipinski definition) is 7. The van der Waals surface area contributed by atoms with Gasteiger partial charge in [-0.05, 0) is 63.6 Å². The van der Waals surface area contributed by atoms with Gasteiger partial charge in [-0.15, -0.1) is 0 Å². The number of aliphatic hydroxyl groups excluding tert-OH is 1. The van der Waals surface area contributed by atoms with E-state index < -0.39 is 58.4 Å². The van der Waals surface area contributed by atoms with Crippen molar-refractivity contribution in [3.63, 3.8) is 0 Å². The van der Waals surface area contributed by atoms with Gasteiger partial charge in [0.2, 0.25) is 11.6 Å². The van der Waals surface area contributed by atoms with Crippen LogP contribution >= 0.6 is 0 Å². The van der Waals surface area contributed by atoms with Gasteiger partial charge in [0, 0.05) is 40.5 Å². The molecule has 196 valence electrons. The average Bonchev–Trinajstić information content (AvgIpc) is 3.60. The second-order valence-corrected chi connectivity index (χ2v) is 11.3. The summed E-state index contributed by atoms with van der Waals surface area (Å²) in [5.74, 6) is -5.20. The van der Waals surface area contributed by atoms with Gasteiger partial charge < -0.3 is 35.7 Å². The smallest absolute Gasteiger partial charge is 0.201 e. The SMILES string of the molecule is Cc1cc(O)c2c3c1-c1c(CO)cc(O)c4c1C15c6c(c(O)cc(O)c6-c6c(O)cc(O)c(c6C1C35)C2=O)C4=O. The predicted octanol–water partition coefficient (Wildman–Crippen LogP) is 3.64. The van der Waals surface area contributed by atoms with E-state index in [0.717, 1.165) is 12.1 Å². The normalized spacial score (nSPS) is 22.6. The lowest BCUT2D eigenvalue weighted by atomic mass is 9.60. The molecule has 3 atom stereocenters. The Hall–Kier alpha value is -5.02. The standard InChI is InChI=1S/C31H18O9/c1-7-2-9(33)19-23-15(7)16-8(6-32)3-10(34)21-25(16)31-26-18(12(36)5-14(38)22(26)30(21)40)17-11(35)4-13(37)20(29(19)39)24(17)28(31)27(23)31/h2-5,27-28,32-38H,6H2,1H3. The summed E-state index contributed by atoms with van der Waals surface area (Å²) >= 11 is 0. The summed E-state index contributed by atoms with van der Waals surface area (Å²) < 4.78 is 0. The van der Waals surface area contributed by atoms with E-state index in [-0.39, 0.29) is 56.0 Å². The van der Waals surface area contributed by atoms with Gasteiger partial charge in [0.05, 0.1) is 28.9 Å². The van der Waals surface area contributed by atoms with E-state index >= 15 is 0 Å². The fraction of sp³-hybridized carbons (Fsp3) is 0.161. The van der Waals surface area contributed by atoms with Crippen LogP contribution in [0.1, 0.15) is 77.1 Å². The van der Waals surface area contributed by atoms with E-state index in [0.29, 0.717) is 33.4 Å². The lowest BCUT2D eigenvalue weighted by molar-refractivity contribution is 0.101. The number of ketones is 2. The van der Waals surface area contributed by atoms with Crippen LogP contribution in [0.25, 0.3) is 22.3 Å². The zero-order valence-electron chi connectivity index (χ0n) is 20.6. The Morgan fingerprint density at radius 1 is 0.575 bits per heavy atom. The molecule has 4 aromatic rings. The molecule has 0 radical (unpaired) electrons. The molecule has 0 aromatic heterocycles. The number of fused-ring (bicyclic) bond motifs is 2. The first-order valence-electron chi connectivity index (χ1n) is 12.7. The molecule has 4 aromatic carbocycles. The van der Waals surface area contributed by atoms with Crippen LogP contribution in [0.15, 0.2) is 24.3 Å². The van der Waals surface area contributed by atoms with Crippen LogP contribution in [-0.4, -0.2) is 47.3 Å². The van der Waals surface area contributed by atoms with E-state index in [1.807, 2.05) is 0 Å². The molecule has 40 heavy (non-hydrogen) atoms. The number of phenolic OH excluding ortho intramolecular Hbond substituents is 6. The Kier molecular flexibility index (Phi) is 3.32. The third-order valence-electron chi connectivity index (χ3n) is 9.77. The monoisotopic (exact) mass is 534 g/mol. The number of aromatic hydroxyl groups is 6. The summed E-state index contributed by atoms with van der Waals surface area (Å²) in [6.07, 6.45) is 0. The summed E-state index contributed by atoms with van der Waals surface area (Å²) in [6.45, 7) is 1.23. The first-order chi connectivity index (χ1) is 19.1. The predicted molar refractivity (Wildman–Crippen MR) is 138 cm³/mol. The summed E-state index contributed by atoms with van der Waals surface area (Å²) in [4.78, 5) is 28.3. The number of hydrogen-bond acceptors (Lipinski definition) is 9. The zero-order chi connectivity index (χ0) is 27.9. The highest BCUT2D eigenvalue weighted by molar-refractivity contribution is 6.24. The first-order valence-corrected chi connectivity index (χ1v) is 12.7. The van der Waals surface area contributed by atoms with E-state index in [4.69, 9.17) is 0 Å². The van der Waals surface area contributed by atoms with Crippen LogP contribution < -0.4 is 0 Å². The molecule has 7 N–H and O–H groups in total. The maximum Gasteiger partial charge on any atom is 0.201 e. The number of carbonyl (C=O) groups is 2. The third kappa shape index (κ3) is 1.85. The van der Waals surface area contributed by atoms with Gasteiger partial charge in [-0.25, -0.2) is 0 Å². The number of benzene rings is 4. The van der Waals surface area contributed by atoms with Crippen LogP contribution in [0, 0.1) is 6.92 Å². The molecule has 9 nitrogen and oxygen atoms in total. The van der Waals surface area contributed by atoms with Crippen LogP contribution in [0.2, 0.25) is 0 Å². The molecule has 5 aliphatic rings. The second-order valence-electron chi connectivity index (χ2n) is 11.3. The van der Waals surface area contributed by atoms with Crippen molar-refractivity contribution in [1.82, 2.24) is 0 Å². The van der Waals surface area contributed by atoms with E-state index in [9.17, 15) is 45.3 Å². The molecule has 3 unspecified atom stereocenters. The van der Waals surface area contributed by atoms with Gasteiger partial charge in [-0.2, -0.15) is 0 Å². The molecule has 0 aliphatic heterocycles. The van der Waals surface area contributed by atoms with E-state index in [1.54, 1.807) is 6.92 Å². The summed E-state index contributed by atoms with van der Waals surface area (Å²) in [5, 5.41) is 77.3. The maximum absolute atomic E-state index is 14.2. The highest BCUT2D eigenvalue weighted by Crippen LogP contribution is 2.86. The van der Waals surface area contributed by atoms with Crippen molar-refractivity contribution in [3.8, 4) is 56.8 Å². The fourth-order valence-corrected chi connectivity index (χ4v) is 8.70. The second kappa shape index (κ2) is 6.08. The number of phenols is 6. The highest BCUT2D eigenvalue weighted by Gasteiger charge is 2.78. The van der Waals surface area contributed by atoms with Crippen molar-refractivity contribution in [1.29, 1.82) is 0 Å². The third-order valence-corrected chi connectivity index (χ3v) is 9.77. The Balaban J connectivity index is 1.66. The molecule has 9 heteroatoms. The number of rotatable bonds is 1. The van der Waals surface area contributed by atoms with Gasteiger partial charge in [0.25, 0.3) is 0 Å². The van der Waals surface area contributed by atoms with Crippen molar-refractivity contribution in [2.45, 2.75) is 30.8 Å². The van der Waals surface area contributed by atoms with Gasteiger partial charge in [-0.3, -0.25) is 9.59 Å². The molecular formula is C31H18O9. The molecule has 1 saturated carbocycles. The molecule has 0 bridgehead atoms. The Labute approximate surface area is 224 Å². The van der Waals surface area contributed by atoms with E-state index in [1.165, 1.54) is 12.1 Å². The van der Waals surface area contributed by atoms with Gasteiger partial charge >= 0.3 is 0 Å². The molecule has 9 rings (SSSR count). The lowest BCUT2D eigenvalue weighted by Crippen LogP contribution is -2.34. The first kappa shape index (κ1) is 21.9. The van der Waals surface area contributed by atoms with Crippen molar-refractivity contribution >= 4 is 11.6 Å². The van der Waals surface area contributed by atoms with E-state index in [2.05, 4.69) is 0 Å². The lowest BCUT2D eigenvalue weighted by Gasteiger charge is -2.41. The quantitative estimate of drug-likeness (QED) is 0.169. The zero-order valence-corrected chi connectivity index (χ0v) is 20.6. The summed E-state index contributed by atoms with van der Waals surface area (Å²) in [6, 6.07) is 4.71. The van der Waals surface area contributed by atoms with Gasteiger partial charge in [-0.1, -0.05) is 0 Å². The van der Waals surface area contributed by atoms with Gasteiger partial charge in [0.15, 0.2) is 0 Å². The van der Waals surface area contributed by atoms with Crippen molar-refractivity contribution in [3.05, 3.63) is 79.9 Å². The number of carbonyl (C=O) groups excluding carboxylic acids is 2. The number of aryl methyl sites for hydroxylation is 1. The molecule has 5 aliphatic carbocycles. The minimum absolute atomic E-state index is 0.0337. The van der Waals surface area contributed by atoms with Crippen molar-refractivity contribution in [2.24, 2.45) is 0 Å². The molecule has 1 spiro atoms. The average molecular weight is 534 g/mol. The summed E-state index contributed by atoms with van der Waals surface area (Å²) in [5.41, 5.74) is 1.75. The molecule has 0 saturated heterocycles. The molecule has 1 fully saturated rings. The van der Waals surface area contributed by atoms with Crippen LogP contribution in [-0.2, 0) is 12.0 Å². The molecule has 0 amide bonds. The molecule has 0 heterocycles. The minimum Gasteiger partial charge on any atom is -0.507 e. The minimum atomic E-state index is -1.22. The van der Waals surface area contributed by atoms with Crippen LogP contribution in [0.3, 0.4) is 0 Å². The van der Waals surface area contributed by atoms with Gasteiger partial charge in [0.1, 0.15) is 34.5 Å². The van der Waals surface area contributed by atoms with Crippen LogP contribution in [0.4, 0.5) is 0 Å². The number of aliphatic hydroxyl groups is 1. The largest absolute Gasteiger partial charge is 0.507 e. The van der Waals surface area contributed by atoms with Crippen molar-refractivity contribution in [2.75, 3.05) is 0 Å².